The lowest BCUT2D eigenvalue weighted by molar-refractivity contribution is 0.464. The van der Waals surface area contributed by atoms with Gasteiger partial charge in [0.05, 0.1) is 29.1 Å². The quantitative estimate of drug-likeness (QED) is 0.486. The summed E-state index contributed by atoms with van der Waals surface area (Å²) >= 11 is 1.73. The van der Waals surface area contributed by atoms with E-state index in [1.165, 1.54) is 5.01 Å². The van der Waals surface area contributed by atoms with Gasteiger partial charge in [-0.3, -0.25) is 4.99 Å². The van der Waals surface area contributed by atoms with Gasteiger partial charge >= 0.3 is 0 Å². The molecular weight excluding hydrogens is 356 g/mol. The van der Waals surface area contributed by atoms with Crippen LogP contribution >= 0.6 is 11.3 Å². The van der Waals surface area contributed by atoms with Gasteiger partial charge in [0.2, 0.25) is 0 Å². The molecule has 0 fully saturated rings. The number of aromatic nitrogens is 3. The molecule has 2 N–H and O–H groups in total. The van der Waals surface area contributed by atoms with Crippen LogP contribution in [0.25, 0.3) is 11.3 Å². The van der Waals surface area contributed by atoms with Gasteiger partial charge in [0.1, 0.15) is 5.82 Å². The highest BCUT2D eigenvalue weighted by molar-refractivity contribution is 7.09. The second-order valence-electron chi connectivity index (χ2n) is 6.28. The highest BCUT2D eigenvalue weighted by Crippen LogP contribution is 2.16. The number of H-pyrrole nitrogens is 1. The lowest BCUT2D eigenvalue weighted by Gasteiger charge is -2.20. The third-order valence-electron chi connectivity index (χ3n) is 4.24. The van der Waals surface area contributed by atoms with Gasteiger partial charge in [-0.1, -0.05) is 37.3 Å². The van der Waals surface area contributed by atoms with Crippen LogP contribution in [0.15, 0.2) is 46.9 Å². The zero-order chi connectivity index (χ0) is 19.1. The topological polar surface area (TPSA) is 69.2 Å². The maximum atomic E-state index is 4.61. The minimum atomic E-state index is 0.656. The van der Waals surface area contributed by atoms with Crippen molar-refractivity contribution in [1.82, 2.24) is 25.2 Å². The average Bonchev–Trinajstić information content (AvgIpc) is 3.35. The molecule has 0 amide bonds. The van der Waals surface area contributed by atoms with Crippen molar-refractivity contribution in [3.63, 3.8) is 0 Å². The molecule has 1 aromatic carbocycles. The summed E-state index contributed by atoms with van der Waals surface area (Å²) in [6, 6.07) is 10.2. The molecule has 0 aliphatic rings. The lowest BCUT2D eigenvalue weighted by atomic mass is 10.2. The van der Waals surface area contributed by atoms with Gasteiger partial charge in [-0.05, 0) is 12.0 Å². The summed E-state index contributed by atoms with van der Waals surface area (Å²) in [5.41, 5.74) is 3.30. The van der Waals surface area contributed by atoms with E-state index in [2.05, 4.69) is 54.6 Å². The monoisotopic (exact) mass is 382 g/mol. The molecule has 0 atom stereocenters. The Morgan fingerprint density at radius 2 is 2.11 bits per heavy atom. The number of aryl methyl sites for hydroxylation is 1. The van der Waals surface area contributed by atoms with Crippen molar-refractivity contribution in [3.05, 3.63) is 58.4 Å². The molecule has 3 rings (SSSR count). The zero-order valence-electron chi connectivity index (χ0n) is 16.1. The van der Waals surface area contributed by atoms with Crippen LogP contribution in [0.4, 0.5) is 0 Å². The summed E-state index contributed by atoms with van der Waals surface area (Å²) in [6.45, 7) is 3.59. The molecule has 0 saturated carbocycles. The molecule has 3 aromatic rings. The van der Waals surface area contributed by atoms with E-state index < -0.39 is 0 Å². The summed E-state index contributed by atoms with van der Waals surface area (Å²) in [6.07, 6.45) is 3.77. The predicted octanol–water partition coefficient (Wildman–Crippen LogP) is 3.35. The van der Waals surface area contributed by atoms with E-state index in [0.717, 1.165) is 48.1 Å². The molecule has 0 aliphatic carbocycles. The van der Waals surface area contributed by atoms with E-state index >= 15 is 0 Å². The molecule has 2 heterocycles. The van der Waals surface area contributed by atoms with Crippen LogP contribution in [0.3, 0.4) is 0 Å². The van der Waals surface area contributed by atoms with Crippen molar-refractivity contribution in [2.75, 3.05) is 20.6 Å². The van der Waals surface area contributed by atoms with Crippen molar-refractivity contribution in [3.8, 4) is 11.3 Å². The minimum Gasteiger partial charge on any atom is -0.356 e. The van der Waals surface area contributed by atoms with Crippen LogP contribution in [0, 0.1) is 0 Å². The molecule has 7 heteroatoms. The molecule has 0 aliphatic heterocycles. The fraction of sp³-hybridized carbons (Fsp3) is 0.350. The number of nitrogens with zero attached hydrogens (tertiary/aromatic N) is 4. The summed E-state index contributed by atoms with van der Waals surface area (Å²) < 4.78 is 0. The fourth-order valence-electron chi connectivity index (χ4n) is 2.82. The number of hydrogen-bond donors (Lipinski definition) is 2. The number of imidazole rings is 1. The number of nitrogens with one attached hydrogen (secondary N) is 2. The highest BCUT2D eigenvalue weighted by Gasteiger charge is 2.10. The third kappa shape index (κ3) is 5.17. The number of aromatic amines is 1. The largest absolute Gasteiger partial charge is 0.356 e. The van der Waals surface area contributed by atoms with Crippen molar-refractivity contribution in [1.29, 1.82) is 0 Å². The van der Waals surface area contributed by atoms with Gasteiger partial charge in [0.15, 0.2) is 5.96 Å². The molecular formula is C20H26N6S. The first-order valence-electron chi connectivity index (χ1n) is 9.14. The standard InChI is InChI=1S/C20H26N6S/c1-4-19-24-16(14-27-19)10-11-22-20(21-2)26(3)13-18-23-12-17(25-18)15-8-6-5-7-9-15/h5-9,12,14H,4,10-11,13H2,1-3H3,(H,21,22)(H,23,25). The van der Waals surface area contributed by atoms with E-state index in [1.807, 2.05) is 31.4 Å². The fourth-order valence-corrected chi connectivity index (χ4v) is 3.60. The van der Waals surface area contributed by atoms with Gasteiger partial charge in [-0.15, -0.1) is 11.3 Å². The predicted molar refractivity (Wildman–Crippen MR) is 112 cm³/mol. The Labute approximate surface area is 164 Å². The Balaban J connectivity index is 1.52. The first kappa shape index (κ1) is 19.1. The van der Waals surface area contributed by atoms with Crippen LogP contribution in [-0.2, 0) is 19.4 Å². The van der Waals surface area contributed by atoms with Gasteiger partial charge in [0, 0.05) is 32.4 Å². The Kier molecular flexibility index (Phi) is 6.59. The second kappa shape index (κ2) is 9.32. The first-order chi connectivity index (χ1) is 13.2. The number of benzene rings is 1. The summed E-state index contributed by atoms with van der Waals surface area (Å²) in [4.78, 5) is 18.9. The van der Waals surface area contributed by atoms with E-state index in [9.17, 15) is 0 Å². The van der Waals surface area contributed by atoms with Crippen LogP contribution in [-0.4, -0.2) is 46.5 Å². The van der Waals surface area contributed by atoms with Crippen LogP contribution in [0.1, 0.15) is 23.4 Å². The molecule has 142 valence electrons. The Bertz CT molecular complexity index is 867. The van der Waals surface area contributed by atoms with E-state index in [1.54, 1.807) is 18.4 Å². The molecule has 27 heavy (non-hydrogen) atoms. The normalized spacial score (nSPS) is 11.6. The number of guanidine groups is 1. The van der Waals surface area contributed by atoms with Crippen molar-refractivity contribution >= 4 is 17.3 Å². The van der Waals surface area contributed by atoms with Crippen molar-refractivity contribution < 1.29 is 0 Å². The Morgan fingerprint density at radius 3 is 2.81 bits per heavy atom. The van der Waals surface area contributed by atoms with Gasteiger partial charge in [-0.25, -0.2) is 9.97 Å². The van der Waals surface area contributed by atoms with Gasteiger partial charge in [0.25, 0.3) is 0 Å². The highest BCUT2D eigenvalue weighted by atomic mass is 32.1. The van der Waals surface area contributed by atoms with Crippen molar-refractivity contribution in [2.24, 2.45) is 4.99 Å². The SMILES string of the molecule is CCc1nc(CCNC(=NC)N(C)Cc2ncc(-c3ccccc3)[nH]2)cs1. The lowest BCUT2D eigenvalue weighted by Crippen LogP contribution is -2.39. The Morgan fingerprint density at radius 1 is 1.30 bits per heavy atom. The number of aliphatic imine (C=N–C) groups is 1. The third-order valence-corrected chi connectivity index (χ3v) is 5.28. The molecule has 0 radical (unpaired) electrons. The van der Waals surface area contributed by atoms with Crippen LogP contribution in [0.2, 0.25) is 0 Å². The molecule has 0 spiro atoms. The van der Waals surface area contributed by atoms with E-state index in [-0.39, 0.29) is 0 Å². The molecule has 0 bridgehead atoms. The smallest absolute Gasteiger partial charge is 0.193 e. The number of thiazole rings is 1. The summed E-state index contributed by atoms with van der Waals surface area (Å²) in [7, 11) is 3.81. The van der Waals surface area contributed by atoms with Gasteiger partial charge < -0.3 is 15.2 Å². The summed E-state index contributed by atoms with van der Waals surface area (Å²) in [5, 5.41) is 6.74. The van der Waals surface area contributed by atoms with Crippen molar-refractivity contribution in [2.45, 2.75) is 26.3 Å². The van der Waals surface area contributed by atoms with Crippen LogP contribution in [0.5, 0.6) is 0 Å². The number of rotatable bonds is 7. The van der Waals surface area contributed by atoms with Crippen LogP contribution < -0.4 is 5.32 Å². The molecule has 0 saturated heterocycles. The summed E-state index contributed by atoms with van der Waals surface area (Å²) in [5.74, 6) is 1.75. The first-order valence-corrected chi connectivity index (χ1v) is 10.0. The maximum Gasteiger partial charge on any atom is 0.193 e. The zero-order valence-corrected chi connectivity index (χ0v) is 16.9. The molecule has 6 nitrogen and oxygen atoms in total. The molecule has 0 unspecified atom stereocenters. The Hall–Kier alpha value is -2.67. The van der Waals surface area contributed by atoms with E-state index in [4.69, 9.17) is 0 Å². The van der Waals surface area contributed by atoms with Gasteiger partial charge in [-0.2, -0.15) is 0 Å². The average molecular weight is 383 g/mol. The minimum absolute atomic E-state index is 0.656. The number of hydrogen-bond acceptors (Lipinski definition) is 4. The maximum absolute atomic E-state index is 4.61. The second-order valence-corrected chi connectivity index (χ2v) is 7.22. The molecule has 2 aromatic heterocycles. The van der Waals surface area contributed by atoms with E-state index in [0.29, 0.717) is 6.54 Å².